The maximum atomic E-state index is 11.9. The van der Waals surface area contributed by atoms with Crippen LogP contribution in [0.3, 0.4) is 0 Å². The molecular formula is C12H10N4O3S. The number of hydrogen-bond acceptors (Lipinski definition) is 4. The van der Waals surface area contributed by atoms with Crippen LogP contribution in [0.15, 0.2) is 47.5 Å². The Balaban J connectivity index is 2.07. The molecule has 8 heteroatoms. The molecule has 1 aromatic carbocycles. The van der Waals surface area contributed by atoms with Crippen LogP contribution >= 0.6 is 0 Å². The number of H-pyrrole nitrogens is 1. The van der Waals surface area contributed by atoms with Crippen LogP contribution < -0.4 is 10.3 Å². The molecule has 0 unspecified atom stereocenters. The highest BCUT2D eigenvalue weighted by Crippen LogP contribution is 2.09. The predicted octanol–water partition coefficient (Wildman–Crippen LogP) is 0.510. The van der Waals surface area contributed by atoms with Gasteiger partial charge in [-0.15, -0.1) is 4.83 Å². The quantitative estimate of drug-likeness (QED) is 0.711. The third-order valence-electron chi connectivity index (χ3n) is 2.44. The van der Waals surface area contributed by atoms with Crippen molar-refractivity contribution in [3.63, 3.8) is 0 Å². The van der Waals surface area contributed by atoms with Crippen LogP contribution in [-0.2, 0) is 10.0 Å². The lowest BCUT2D eigenvalue weighted by atomic mass is 10.2. The van der Waals surface area contributed by atoms with Gasteiger partial charge in [-0.05, 0) is 36.4 Å². The molecule has 0 aliphatic carbocycles. The van der Waals surface area contributed by atoms with Crippen molar-refractivity contribution in [1.29, 1.82) is 5.26 Å². The number of carbonyl (C=O) groups excluding carboxylic acids is 1. The number of nitrogens with zero attached hydrogens (tertiary/aromatic N) is 1. The van der Waals surface area contributed by atoms with E-state index in [4.69, 9.17) is 5.26 Å². The smallest absolute Gasteiger partial charge is 0.282 e. The van der Waals surface area contributed by atoms with Crippen LogP contribution in [-0.4, -0.2) is 19.3 Å². The van der Waals surface area contributed by atoms with E-state index in [9.17, 15) is 13.2 Å². The lowest BCUT2D eigenvalue weighted by Crippen LogP contribution is -2.41. The summed E-state index contributed by atoms with van der Waals surface area (Å²) in [7, 11) is -3.88. The first-order valence-electron chi connectivity index (χ1n) is 5.48. The third kappa shape index (κ3) is 3.03. The molecule has 0 spiro atoms. The molecule has 0 saturated heterocycles. The minimum atomic E-state index is -3.88. The fraction of sp³-hybridized carbons (Fsp3) is 0. The number of aromatic nitrogens is 1. The molecule has 3 N–H and O–H groups in total. The predicted molar refractivity (Wildman–Crippen MR) is 69.7 cm³/mol. The summed E-state index contributed by atoms with van der Waals surface area (Å²) in [5, 5.41) is 8.64. The molecular weight excluding hydrogens is 280 g/mol. The maximum Gasteiger partial charge on any atom is 0.282 e. The number of carbonyl (C=O) groups is 1. The molecule has 0 aliphatic rings. The Labute approximate surface area is 115 Å². The van der Waals surface area contributed by atoms with E-state index >= 15 is 0 Å². The molecule has 1 heterocycles. The summed E-state index contributed by atoms with van der Waals surface area (Å²) < 4.78 is 23.8. The van der Waals surface area contributed by atoms with E-state index in [0.29, 0.717) is 5.56 Å². The molecule has 0 atom stereocenters. The van der Waals surface area contributed by atoms with Crippen molar-refractivity contribution in [2.45, 2.75) is 4.90 Å². The highest BCUT2D eigenvalue weighted by atomic mass is 32.2. The Hall–Kier alpha value is -2.63. The van der Waals surface area contributed by atoms with E-state index in [1.807, 2.05) is 10.9 Å². The second-order valence-corrected chi connectivity index (χ2v) is 5.46. The number of aromatic amines is 1. The van der Waals surface area contributed by atoms with Gasteiger partial charge in [-0.1, -0.05) is 0 Å². The molecule has 0 radical (unpaired) electrons. The molecule has 102 valence electrons. The summed E-state index contributed by atoms with van der Waals surface area (Å²) in [6, 6.07) is 10.3. The minimum Gasteiger partial charge on any atom is -0.357 e. The number of nitrogens with one attached hydrogen (secondary N) is 3. The molecule has 7 nitrogen and oxygen atoms in total. The fourth-order valence-corrected chi connectivity index (χ4v) is 2.26. The Morgan fingerprint density at radius 2 is 1.90 bits per heavy atom. The Kier molecular flexibility index (Phi) is 3.84. The van der Waals surface area contributed by atoms with Gasteiger partial charge in [0.2, 0.25) is 0 Å². The Bertz CT molecular complexity index is 743. The van der Waals surface area contributed by atoms with E-state index in [-0.39, 0.29) is 10.6 Å². The maximum absolute atomic E-state index is 11.9. The van der Waals surface area contributed by atoms with Crippen LogP contribution in [0.2, 0.25) is 0 Å². The minimum absolute atomic E-state index is 0.0525. The third-order valence-corrected chi connectivity index (χ3v) is 3.70. The van der Waals surface area contributed by atoms with Crippen molar-refractivity contribution >= 4 is 15.9 Å². The molecule has 0 aliphatic heterocycles. The molecule has 2 aromatic rings. The van der Waals surface area contributed by atoms with Crippen LogP contribution in [0.1, 0.15) is 16.1 Å². The molecule has 20 heavy (non-hydrogen) atoms. The van der Waals surface area contributed by atoms with E-state index in [0.717, 1.165) is 0 Å². The zero-order valence-corrected chi connectivity index (χ0v) is 10.9. The molecule has 0 bridgehead atoms. The van der Waals surface area contributed by atoms with Crippen LogP contribution in [0.5, 0.6) is 0 Å². The zero-order valence-electron chi connectivity index (χ0n) is 10.1. The number of benzene rings is 1. The highest BCUT2D eigenvalue weighted by molar-refractivity contribution is 7.89. The van der Waals surface area contributed by atoms with E-state index in [1.54, 1.807) is 12.3 Å². The van der Waals surface area contributed by atoms with Gasteiger partial charge >= 0.3 is 0 Å². The van der Waals surface area contributed by atoms with Gasteiger partial charge in [-0.3, -0.25) is 10.2 Å². The SMILES string of the molecule is N#Cc1ccc(S(=O)(=O)NNC(=O)c2ccc[nH]2)cc1. The summed E-state index contributed by atoms with van der Waals surface area (Å²) in [6.45, 7) is 0. The average Bonchev–Trinajstić information content (AvgIpc) is 2.99. The monoisotopic (exact) mass is 290 g/mol. The van der Waals surface area contributed by atoms with Crippen molar-refractivity contribution in [3.8, 4) is 6.07 Å². The first-order chi connectivity index (χ1) is 9.53. The van der Waals surface area contributed by atoms with Gasteiger partial charge in [0, 0.05) is 6.20 Å². The Morgan fingerprint density at radius 1 is 1.20 bits per heavy atom. The van der Waals surface area contributed by atoms with Crippen molar-refractivity contribution in [2.24, 2.45) is 0 Å². The van der Waals surface area contributed by atoms with Gasteiger partial charge in [0.25, 0.3) is 15.9 Å². The van der Waals surface area contributed by atoms with Crippen molar-refractivity contribution in [2.75, 3.05) is 0 Å². The number of hydrogen-bond donors (Lipinski definition) is 3. The number of sulfonamides is 1. The largest absolute Gasteiger partial charge is 0.357 e. The average molecular weight is 290 g/mol. The molecule has 0 fully saturated rings. The number of nitriles is 1. The lowest BCUT2D eigenvalue weighted by molar-refractivity contribution is 0.0940. The topological polar surface area (TPSA) is 115 Å². The molecule has 0 saturated carbocycles. The second kappa shape index (κ2) is 5.56. The van der Waals surface area contributed by atoms with Gasteiger partial charge in [0.05, 0.1) is 16.5 Å². The molecule has 1 amide bonds. The van der Waals surface area contributed by atoms with Crippen LogP contribution in [0, 0.1) is 11.3 Å². The van der Waals surface area contributed by atoms with E-state index in [2.05, 4.69) is 10.4 Å². The van der Waals surface area contributed by atoms with Gasteiger partial charge in [-0.25, -0.2) is 8.42 Å². The highest BCUT2D eigenvalue weighted by Gasteiger charge is 2.15. The summed E-state index contributed by atoms with van der Waals surface area (Å²) in [5.74, 6) is -0.604. The van der Waals surface area contributed by atoms with Gasteiger partial charge in [0.15, 0.2) is 0 Å². The first-order valence-corrected chi connectivity index (χ1v) is 6.97. The Morgan fingerprint density at radius 3 is 2.45 bits per heavy atom. The molecule has 2 rings (SSSR count). The second-order valence-electron chi connectivity index (χ2n) is 3.78. The summed E-state index contributed by atoms with van der Waals surface area (Å²) in [5.41, 5.74) is 2.66. The van der Waals surface area contributed by atoms with Crippen LogP contribution in [0.25, 0.3) is 0 Å². The zero-order chi connectivity index (χ0) is 14.6. The summed E-state index contributed by atoms with van der Waals surface area (Å²) >= 11 is 0. The van der Waals surface area contributed by atoms with E-state index < -0.39 is 15.9 Å². The van der Waals surface area contributed by atoms with Crippen LogP contribution in [0.4, 0.5) is 0 Å². The van der Waals surface area contributed by atoms with Crippen molar-refractivity contribution in [3.05, 3.63) is 53.9 Å². The van der Waals surface area contributed by atoms with Crippen molar-refractivity contribution < 1.29 is 13.2 Å². The molecule has 1 aromatic heterocycles. The first kappa shape index (κ1) is 13.8. The van der Waals surface area contributed by atoms with Gasteiger partial charge in [0.1, 0.15) is 5.69 Å². The lowest BCUT2D eigenvalue weighted by Gasteiger charge is -2.07. The summed E-state index contributed by atoms with van der Waals surface area (Å²) in [4.78, 5) is 16.1. The summed E-state index contributed by atoms with van der Waals surface area (Å²) in [6.07, 6.45) is 1.55. The normalized spacial score (nSPS) is 10.8. The van der Waals surface area contributed by atoms with Crippen molar-refractivity contribution in [1.82, 2.24) is 15.2 Å². The number of hydrazine groups is 1. The van der Waals surface area contributed by atoms with Gasteiger partial charge < -0.3 is 4.98 Å². The van der Waals surface area contributed by atoms with Gasteiger partial charge in [-0.2, -0.15) is 5.26 Å². The fourth-order valence-electron chi connectivity index (χ4n) is 1.42. The standard InChI is InChI=1S/C12H10N4O3S/c13-8-9-3-5-10(6-4-9)20(18,19)16-15-12(17)11-2-1-7-14-11/h1-7,14,16H,(H,15,17). The van der Waals surface area contributed by atoms with E-state index in [1.165, 1.54) is 30.3 Å². The number of amides is 1. The number of rotatable bonds is 4.